The van der Waals surface area contributed by atoms with Crippen molar-refractivity contribution in [1.82, 2.24) is 20.5 Å². The van der Waals surface area contributed by atoms with Gasteiger partial charge in [0.25, 0.3) is 0 Å². The Kier molecular flexibility index (Phi) is 10.0. The number of urea groups is 1. The molecule has 1 aromatic heterocycles. The lowest BCUT2D eigenvalue weighted by molar-refractivity contribution is 0.0759. The first kappa shape index (κ1) is 27.7. The fraction of sp³-hybridized carbons (Fsp3) is 0.345. The number of pyridine rings is 1. The second-order valence-corrected chi connectivity index (χ2v) is 9.99. The van der Waals surface area contributed by atoms with Gasteiger partial charge >= 0.3 is 12.1 Å². The van der Waals surface area contributed by atoms with Crippen molar-refractivity contribution in [3.8, 4) is 0 Å². The summed E-state index contributed by atoms with van der Waals surface area (Å²) in [6, 6.07) is 21.6. The van der Waals surface area contributed by atoms with Gasteiger partial charge in [-0.1, -0.05) is 60.7 Å². The molecule has 1 heterocycles. The molecule has 3 rings (SSSR count). The molecule has 196 valence electrons. The lowest BCUT2D eigenvalue weighted by Crippen LogP contribution is -2.54. The van der Waals surface area contributed by atoms with Crippen LogP contribution in [0.5, 0.6) is 0 Å². The largest absolute Gasteiger partial charge is 0.445 e. The van der Waals surface area contributed by atoms with Crippen molar-refractivity contribution in [2.24, 2.45) is 0 Å². The molecule has 0 saturated heterocycles. The molecule has 0 unspecified atom stereocenters. The zero-order valence-corrected chi connectivity index (χ0v) is 21.6. The van der Waals surface area contributed by atoms with E-state index in [1.54, 1.807) is 17.3 Å². The monoisotopic (exact) mass is 504 g/mol. The molecular weight excluding hydrogens is 468 g/mol. The summed E-state index contributed by atoms with van der Waals surface area (Å²) in [5.41, 5.74) is 2.22. The van der Waals surface area contributed by atoms with Crippen molar-refractivity contribution >= 4 is 12.1 Å². The van der Waals surface area contributed by atoms with Crippen molar-refractivity contribution in [2.45, 2.75) is 58.0 Å². The summed E-state index contributed by atoms with van der Waals surface area (Å²) in [6.07, 6.45) is 2.00. The van der Waals surface area contributed by atoms with Crippen LogP contribution in [0.3, 0.4) is 0 Å². The van der Waals surface area contributed by atoms with Crippen LogP contribution in [0.1, 0.15) is 37.5 Å². The Bertz CT molecular complexity index is 1110. The molecule has 0 saturated carbocycles. The van der Waals surface area contributed by atoms with Crippen LogP contribution in [-0.4, -0.2) is 51.3 Å². The van der Waals surface area contributed by atoms with E-state index in [9.17, 15) is 14.7 Å². The lowest BCUT2D eigenvalue weighted by atomic mass is 10.0. The summed E-state index contributed by atoms with van der Waals surface area (Å²) in [4.78, 5) is 31.4. The molecule has 0 spiro atoms. The van der Waals surface area contributed by atoms with Gasteiger partial charge in [0.2, 0.25) is 0 Å². The van der Waals surface area contributed by atoms with Gasteiger partial charge in [-0.2, -0.15) is 0 Å². The minimum Gasteiger partial charge on any atom is -0.445 e. The first-order valence-electron chi connectivity index (χ1n) is 12.3. The SMILES string of the molecule is CC(C)(C)NC(=O)N(Cc1ccncc1)C[C@@H](O)[C@H](Cc1ccccc1)NC(=O)OCc1ccccc1. The Hall–Kier alpha value is -3.91. The first-order valence-corrected chi connectivity index (χ1v) is 12.3. The van der Waals surface area contributed by atoms with Crippen molar-refractivity contribution in [3.63, 3.8) is 0 Å². The third-order valence-corrected chi connectivity index (χ3v) is 5.58. The van der Waals surface area contributed by atoms with Gasteiger partial charge in [0.15, 0.2) is 0 Å². The molecule has 0 aliphatic heterocycles. The predicted molar refractivity (Wildman–Crippen MR) is 143 cm³/mol. The van der Waals surface area contributed by atoms with E-state index in [1.165, 1.54) is 0 Å². The smallest absolute Gasteiger partial charge is 0.407 e. The number of aliphatic hydroxyl groups is 1. The van der Waals surface area contributed by atoms with Gasteiger partial charge in [0.1, 0.15) is 6.61 Å². The number of hydrogen-bond acceptors (Lipinski definition) is 5. The highest BCUT2D eigenvalue weighted by atomic mass is 16.5. The van der Waals surface area contributed by atoms with E-state index in [-0.39, 0.29) is 25.7 Å². The van der Waals surface area contributed by atoms with E-state index in [0.717, 1.165) is 16.7 Å². The van der Waals surface area contributed by atoms with Crippen LogP contribution in [0.25, 0.3) is 0 Å². The molecular formula is C29H36N4O4. The maximum absolute atomic E-state index is 13.1. The lowest BCUT2D eigenvalue weighted by Gasteiger charge is -2.32. The number of amides is 3. The minimum absolute atomic E-state index is 0.000696. The molecule has 0 fully saturated rings. The number of nitrogens with zero attached hydrogens (tertiary/aromatic N) is 2. The highest BCUT2D eigenvalue weighted by molar-refractivity contribution is 5.75. The van der Waals surface area contributed by atoms with Gasteiger partial charge in [-0.15, -0.1) is 0 Å². The first-order chi connectivity index (χ1) is 17.7. The van der Waals surface area contributed by atoms with E-state index in [1.807, 2.05) is 93.6 Å². The van der Waals surface area contributed by atoms with Crippen LogP contribution < -0.4 is 10.6 Å². The predicted octanol–water partition coefficient (Wildman–Crippen LogP) is 4.29. The third kappa shape index (κ3) is 9.93. The Labute approximate surface area is 218 Å². The van der Waals surface area contributed by atoms with Crippen LogP contribution in [0.2, 0.25) is 0 Å². The second kappa shape index (κ2) is 13.4. The summed E-state index contributed by atoms with van der Waals surface area (Å²) in [5.74, 6) is 0. The maximum Gasteiger partial charge on any atom is 0.407 e. The summed E-state index contributed by atoms with van der Waals surface area (Å²) in [5, 5.41) is 17.1. The summed E-state index contributed by atoms with van der Waals surface area (Å²) >= 11 is 0. The van der Waals surface area contributed by atoms with Crippen molar-refractivity contribution < 1.29 is 19.4 Å². The Morgan fingerprint density at radius 1 is 0.919 bits per heavy atom. The Balaban J connectivity index is 1.74. The van der Waals surface area contributed by atoms with E-state index in [2.05, 4.69) is 15.6 Å². The number of alkyl carbamates (subject to hydrolysis) is 1. The quantitative estimate of drug-likeness (QED) is 0.382. The van der Waals surface area contributed by atoms with Gasteiger partial charge in [-0.05, 0) is 56.0 Å². The molecule has 3 N–H and O–H groups in total. The van der Waals surface area contributed by atoms with Crippen LogP contribution in [0.15, 0.2) is 85.2 Å². The number of ether oxygens (including phenoxy) is 1. The average molecular weight is 505 g/mol. The highest BCUT2D eigenvalue weighted by Gasteiger charge is 2.28. The van der Waals surface area contributed by atoms with Crippen LogP contribution in [-0.2, 0) is 24.3 Å². The number of carbonyl (C=O) groups is 2. The van der Waals surface area contributed by atoms with Crippen molar-refractivity contribution in [2.75, 3.05) is 6.54 Å². The normalized spacial score (nSPS) is 12.8. The van der Waals surface area contributed by atoms with Gasteiger partial charge in [0, 0.05) is 24.5 Å². The number of aliphatic hydroxyl groups excluding tert-OH is 1. The molecule has 2 atom stereocenters. The minimum atomic E-state index is -1.06. The average Bonchev–Trinajstić information content (AvgIpc) is 2.87. The number of carbonyl (C=O) groups excluding carboxylic acids is 2. The van der Waals surface area contributed by atoms with Gasteiger partial charge in [-0.25, -0.2) is 9.59 Å². The molecule has 2 aromatic carbocycles. The number of hydrogen-bond donors (Lipinski definition) is 3. The Morgan fingerprint density at radius 2 is 1.51 bits per heavy atom. The zero-order valence-electron chi connectivity index (χ0n) is 21.6. The number of aromatic nitrogens is 1. The molecule has 0 aliphatic rings. The van der Waals surface area contributed by atoms with Crippen molar-refractivity contribution in [1.29, 1.82) is 0 Å². The van der Waals surface area contributed by atoms with Crippen LogP contribution in [0, 0.1) is 0 Å². The van der Waals surface area contributed by atoms with E-state index in [4.69, 9.17) is 4.74 Å². The topological polar surface area (TPSA) is 104 Å². The molecule has 0 radical (unpaired) electrons. The third-order valence-electron chi connectivity index (χ3n) is 5.58. The fourth-order valence-corrected chi connectivity index (χ4v) is 3.75. The fourth-order valence-electron chi connectivity index (χ4n) is 3.75. The molecule has 0 bridgehead atoms. The maximum atomic E-state index is 13.1. The number of rotatable bonds is 10. The van der Waals surface area contributed by atoms with E-state index < -0.39 is 23.8 Å². The highest BCUT2D eigenvalue weighted by Crippen LogP contribution is 2.13. The van der Waals surface area contributed by atoms with E-state index in [0.29, 0.717) is 6.42 Å². The summed E-state index contributed by atoms with van der Waals surface area (Å²) < 4.78 is 5.40. The van der Waals surface area contributed by atoms with Crippen molar-refractivity contribution in [3.05, 3.63) is 102 Å². The standard InChI is InChI=1S/C29H36N4O4/c1-29(2,3)32-27(35)33(19-23-14-16-30-17-15-23)20-26(34)25(18-22-10-6-4-7-11-22)31-28(36)37-21-24-12-8-5-9-13-24/h4-17,25-26,34H,18-21H2,1-3H3,(H,31,36)(H,32,35)/t25-,26+/m0/s1. The molecule has 8 heteroatoms. The van der Waals surface area contributed by atoms with Gasteiger partial charge in [0.05, 0.1) is 18.7 Å². The van der Waals surface area contributed by atoms with Gasteiger partial charge < -0.3 is 25.4 Å². The van der Waals surface area contributed by atoms with Gasteiger partial charge in [-0.3, -0.25) is 4.98 Å². The summed E-state index contributed by atoms with van der Waals surface area (Å²) in [6.45, 7) is 6.08. The Morgan fingerprint density at radius 3 is 2.11 bits per heavy atom. The number of nitrogens with one attached hydrogen (secondary N) is 2. The molecule has 8 nitrogen and oxygen atoms in total. The number of benzene rings is 2. The van der Waals surface area contributed by atoms with Crippen LogP contribution in [0.4, 0.5) is 9.59 Å². The van der Waals surface area contributed by atoms with Crippen LogP contribution >= 0.6 is 0 Å². The summed E-state index contributed by atoms with van der Waals surface area (Å²) in [7, 11) is 0. The second-order valence-electron chi connectivity index (χ2n) is 9.99. The molecule has 37 heavy (non-hydrogen) atoms. The zero-order chi connectivity index (χ0) is 26.7. The molecule has 0 aliphatic carbocycles. The molecule has 3 amide bonds. The molecule has 3 aromatic rings. The van der Waals surface area contributed by atoms with E-state index >= 15 is 0 Å².